The van der Waals surface area contributed by atoms with E-state index in [0.717, 1.165) is 146 Å². The van der Waals surface area contributed by atoms with Crippen LogP contribution in [0.1, 0.15) is 419 Å². The summed E-state index contributed by atoms with van der Waals surface area (Å²) in [6.45, 7) is 15.1. The van der Waals surface area contributed by atoms with Crippen LogP contribution in [0.5, 0.6) is 0 Å². The van der Waals surface area contributed by atoms with Crippen LogP contribution in [0, 0.1) is 0 Å². The molecule has 0 saturated carbocycles. The summed E-state index contributed by atoms with van der Waals surface area (Å²) in [6.07, 6.45) is 98.7. The normalized spacial score (nSPS) is 11.7. The number of nitrogens with zero attached hydrogens (tertiary/aromatic N) is 15. The SMILES string of the molecule is C.CCCCCCCCCCCCCCCCn1cc[n+](CCCCCCCCCCCCCCCC)c1N=Nc1ccc(CCCSSCCNc2ccc(N=Nc3n(CCCCCCCCCCCCCCCC)cc[n+]3CCCCCCCCCCCCCCCC)cc2)cc1.Cn1cc[n+](C)c1N=Nc1ccc(NCCSSCCCc2ccc(N=Nc3[nH]cc[n+]3C)cc2)cc1. The lowest BCUT2D eigenvalue weighted by Gasteiger charge is -2.06. The molecule has 18 nitrogen and oxygen atoms in total. The molecular weight excluding hydrogens is 1750 g/mol. The van der Waals surface area contributed by atoms with Gasteiger partial charge >= 0.3 is 23.8 Å². The van der Waals surface area contributed by atoms with Crippen LogP contribution in [0.3, 0.4) is 0 Å². The Morgan fingerprint density at radius 2 is 0.559 bits per heavy atom. The molecule has 0 aliphatic rings. The van der Waals surface area contributed by atoms with Crippen molar-refractivity contribution in [1.29, 1.82) is 0 Å². The first-order chi connectivity index (χ1) is 66.7. The summed E-state index contributed by atoms with van der Waals surface area (Å²) in [5.41, 5.74) is 8.48. The third-order valence-electron chi connectivity index (χ3n) is 26.1. The van der Waals surface area contributed by atoms with E-state index in [4.69, 9.17) is 20.5 Å². The van der Waals surface area contributed by atoms with E-state index in [9.17, 15) is 0 Å². The highest BCUT2D eigenvalue weighted by molar-refractivity contribution is 8.77. The number of unbranched alkanes of at least 4 members (excludes halogenated alkanes) is 52. The van der Waals surface area contributed by atoms with Crippen molar-refractivity contribution in [3.05, 3.63) is 158 Å². The molecule has 8 rings (SSSR count). The zero-order chi connectivity index (χ0) is 95.0. The van der Waals surface area contributed by atoms with Gasteiger partial charge in [0, 0.05) is 67.9 Å². The van der Waals surface area contributed by atoms with Crippen LogP contribution in [-0.2, 0) is 60.2 Å². The Labute approximate surface area is 845 Å². The summed E-state index contributed by atoms with van der Waals surface area (Å²) in [4.78, 5) is 3.05. The molecule has 758 valence electrons. The first-order valence-corrected chi connectivity index (χ1v) is 59.9. The first kappa shape index (κ1) is 118. The summed E-state index contributed by atoms with van der Waals surface area (Å²) in [5.74, 6) is 7.91. The molecule has 0 amide bonds. The number of anilines is 2. The molecule has 0 aliphatic carbocycles. The number of benzene rings is 4. The Morgan fingerprint density at radius 1 is 0.279 bits per heavy atom. The second-order valence-corrected chi connectivity index (χ2v) is 43.5. The standard InChI is InChI=1S/C87H154N9S2.C26H31N9S2.CH4/c1-5-9-13-17-21-25-29-33-37-41-45-49-53-57-72-93-76-77-94(73-58-54-50-46-42-38-34-30-26-22-18-14-10-6-2)86(93)91-89-84-65-63-82(64-66-84)62-61-80-97-98-81-71-88-83-67-69-85(70-68-83)90-92-87-95(74-59-55-51-47-43-39-35-31-27-23-19-15-11-7-3)78-79-96(87)75-60-56-52-48-44-40-36-32-28-24-20-16-12-8-4;1-33-16-14-28-25(33)31-29-23-8-6-21(7-9-23)5-4-19-36-37-20-15-27-22-10-12-24(13-11-22)30-32-26-34(2)17-18-35(26)3;/h63-70,76-79H,5-62,71-75,80-81H2,1-4H3;6-14,16-18H,4-5,15,19-20H2,1-3H3;1H4/q+1;;/p+3. The number of hydrogen-bond acceptors (Lipinski definition) is 14. The molecule has 4 aromatic heterocycles. The van der Waals surface area contributed by atoms with Gasteiger partial charge < -0.3 is 10.6 Å². The monoisotopic (exact) mass is 1940 g/mol. The molecule has 0 fully saturated rings. The number of hydrogen-bond donors (Lipinski definition) is 3. The highest BCUT2D eigenvalue weighted by Crippen LogP contribution is 2.30. The van der Waals surface area contributed by atoms with Crippen molar-refractivity contribution in [3.63, 3.8) is 0 Å². The van der Waals surface area contributed by atoms with E-state index in [-0.39, 0.29) is 7.43 Å². The van der Waals surface area contributed by atoms with Crippen LogP contribution in [-0.4, -0.2) is 54.8 Å². The van der Waals surface area contributed by atoms with Gasteiger partial charge in [-0.2, -0.15) is 0 Å². The fourth-order valence-corrected chi connectivity index (χ4v) is 21.5. The number of aromatic amines is 1. The van der Waals surface area contributed by atoms with Crippen molar-refractivity contribution in [2.24, 2.45) is 62.1 Å². The van der Waals surface area contributed by atoms with Gasteiger partial charge in [-0.3, -0.25) is 0 Å². The van der Waals surface area contributed by atoms with Gasteiger partial charge in [0.15, 0.2) is 0 Å². The molecule has 4 heterocycles. The molecule has 0 bridgehead atoms. The summed E-state index contributed by atoms with van der Waals surface area (Å²) < 4.78 is 15.2. The number of nitrogens with one attached hydrogen (secondary N) is 3. The fourth-order valence-electron chi connectivity index (χ4n) is 17.5. The number of aryl methyl sites for hydroxylation is 9. The largest absolute Gasteiger partial charge is 0.421 e. The van der Waals surface area contributed by atoms with Crippen LogP contribution >= 0.6 is 43.2 Å². The van der Waals surface area contributed by atoms with Gasteiger partial charge in [0.1, 0.15) is 22.7 Å². The van der Waals surface area contributed by atoms with Crippen molar-refractivity contribution < 1.29 is 18.3 Å². The lowest BCUT2D eigenvalue weighted by atomic mass is 10.0. The van der Waals surface area contributed by atoms with E-state index < -0.39 is 0 Å². The van der Waals surface area contributed by atoms with E-state index in [1.165, 1.54) is 371 Å². The summed E-state index contributed by atoms with van der Waals surface area (Å²) >= 11 is 0. The molecule has 0 atom stereocenters. The zero-order valence-electron chi connectivity index (χ0n) is 86.2. The van der Waals surface area contributed by atoms with Crippen LogP contribution in [0.25, 0.3) is 0 Å². The topological polar surface area (TPSA) is 169 Å². The lowest BCUT2D eigenvalue weighted by molar-refractivity contribution is -0.684. The molecule has 0 aliphatic heterocycles. The van der Waals surface area contributed by atoms with Crippen LogP contribution in [0.15, 0.2) is 188 Å². The van der Waals surface area contributed by atoms with Gasteiger partial charge in [0.2, 0.25) is 0 Å². The van der Waals surface area contributed by atoms with Crippen molar-refractivity contribution in [2.45, 2.75) is 447 Å². The molecule has 8 aromatic rings. The van der Waals surface area contributed by atoms with Gasteiger partial charge in [0.25, 0.3) is 0 Å². The van der Waals surface area contributed by atoms with E-state index in [0.29, 0.717) is 0 Å². The third-order valence-corrected chi connectivity index (χ3v) is 31.1. The van der Waals surface area contributed by atoms with Crippen LogP contribution in [0.2, 0.25) is 0 Å². The maximum absolute atomic E-state index is 4.97. The third kappa shape index (κ3) is 57.1. The molecular formula is C114H192N18S4+4. The highest BCUT2D eigenvalue weighted by atomic mass is 33.1. The number of azo groups is 4. The van der Waals surface area contributed by atoms with Gasteiger partial charge in [-0.1, -0.05) is 457 Å². The summed E-state index contributed by atoms with van der Waals surface area (Å²) in [5, 5.41) is 43.9. The summed E-state index contributed by atoms with van der Waals surface area (Å²) in [6, 6.07) is 33.8. The van der Waals surface area contributed by atoms with E-state index in [1.54, 1.807) is 0 Å². The minimum Gasteiger partial charge on any atom is -0.384 e. The van der Waals surface area contributed by atoms with Gasteiger partial charge in [0.05, 0.1) is 96.9 Å². The molecule has 3 N–H and O–H groups in total. The molecule has 4 aromatic carbocycles. The average molecular weight is 1940 g/mol. The molecule has 22 heteroatoms. The number of imidazole rings is 4. The van der Waals surface area contributed by atoms with Crippen LogP contribution < -0.4 is 28.9 Å². The minimum absolute atomic E-state index is 0. The van der Waals surface area contributed by atoms with E-state index >= 15 is 0 Å². The molecule has 136 heavy (non-hydrogen) atoms. The smallest absolute Gasteiger partial charge is 0.384 e. The molecule has 0 spiro atoms. The maximum atomic E-state index is 4.97. The van der Waals surface area contributed by atoms with Crippen molar-refractivity contribution in [2.75, 3.05) is 46.7 Å². The van der Waals surface area contributed by atoms with Crippen molar-refractivity contribution in [3.8, 4) is 0 Å². The Hall–Kier alpha value is -6.88. The molecule has 0 radical (unpaired) electrons. The lowest BCUT2D eigenvalue weighted by Crippen LogP contribution is -2.32. The van der Waals surface area contributed by atoms with Gasteiger partial charge in [-0.05, 0) is 135 Å². The van der Waals surface area contributed by atoms with Crippen LogP contribution in [0.4, 0.5) is 57.9 Å². The fraction of sp³-hybridized carbons (Fsp3) is 0.684. The second-order valence-electron chi connectivity index (χ2n) is 38.1. The first-order valence-electron chi connectivity index (χ1n) is 55.0. The van der Waals surface area contributed by atoms with Crippen molar-refractivity contribution >= 4 is 101 Å². The zero-order valence-corrected chi connectivity index (χ0v) is 89.5. The number of rotatable bonds is 86. The second kappa shape index (κ2) is 81.8. The van der Waals surface area contributed by atoms with Crippen molar-refractivity contribution in [1.82, 2.24) is 18.7 Å². The quantitative estimate of drug-likeness (QED) is 0.0148. The number of H-pyrrole nitrogens is 1. The van der Waals surface area contributed by atoms with E-state index in [2.05, 4.69) is 167 Å². The maximum Gasteiger partial charge on any atom is 0.421 e. The minimum atomic E-state index is 0. The number of aromatic nitrogens is 8. The highest BCUT2D eigenvalue weighted by Gasteiger charge is 2.20. The van der Waals surface area contributed by atoms with Gasteiger partial charge in [-0.25, -0.2) is 37.0 Å². The molecule has 0 saturated heterocycles. The Balaban J connectivity index is 0.000000617. The van der Waals surface area contributed by atoms with E-state index in [1.807, 2.05) is 139 Å². The molecule has 0 unspecified atom stereocenters. The predicted octanol–water partition coefficient (Wildman–Crippen LogP) is 36.9. The Bertz CT molecular complexity index is 3940. The van der Waals surface area contributed by atoms with Gasteiger partial charge in [-0.15, -0.1) is 0 Å². The average Bonchev–Trinajstić information content (AvgIpc) is 1.67. The summed E-state index contributed by atoms with van der Waals surface area (Å²) in [7, 11) is 13.7. The Kier molecular flexibility index (Phi) is 70.8. The predicted molar refractivity (Wildman–Crippen MR) is 592 cm³/mol. The Morgan fingerprint density at radius 3 is 0.853 bits per heavy atom.